The van der Waals surface area contributed by atoms with E-state index in [1.165, 1.54) is 30.5 Å². The van der Waals surface area contributed by atoms with Crippen LogP contribution >= 0.6 is 11.6 Å². The number of nitrogens with zero attached hydrogens (tertiary/aromatic N) is 1. The molecule has 4 nitrogen and oxygen atoms in total. The van der Waals surface area contributed by atoms with Gasteiger partial charge < -0.3 is 4.42 Å². The number of carbonyl (C=O) groups is 2. The van der Waals surface area contributed by atoms with Gasteiger partial charge in [-0.05, 0) is 29.8 Å². The summed E-state index contributed by atoms with van der Waals surface area (Å²) in [6.07, 6.45) is 1.45. The van der Waals surface area contributed by atoms with Crippen molar-refractivity contribution in [1.82, 2.24) is 4.90 Å². The number of imide groups is 1. The molecule has 2 heterocycles. The Hall–Kier alpha value is -2.40. The van der Waals surface area contributed by atoms with Crippen molar-refractivity contribution >= 4 is 29.0 Å². The van der Waals surface area contributed by atoms with Crippen molar-refractivity contribution in [3.05, 3.63) is 64.8 Å². The molecule has 1 aliphatic heterocycles. The second-order valence-electron chi connectivity index (χ2n) is 4.47. The molecule has 2 aromatic rings. The molecular weight excluding hydrogens is 297 g/mol. The predicted octanol–water partition coefficient (Wildman–Crippen LogP) is 2.94. The molecule has 1 aliphatic rings. The van der Waals surface area contributed by atoms with Crippen LogP contribution in [0.25, 0.3) is 5.57 Å². The van der Waals surface area contributed by atoms with Crippen LogP contribution in [0.3, 0.4) is 0 Å². The monoisotopic (exact) mass is 305 g/mol. The second kappa shape index (κ2) is 5.18. The molecule has 0 spiro atoms. The lowest BCUT2D eigenvalue weighted by Crippen LogP contribution is -2.30. The molecule has 0 bridgehead atoms. The highest BCUT2D eigenvalue weighted by Gasteiger charge is 2.38. The molecule has 0 saturated heterocycles. The lowest BCUT2D eigenvalue weighted by molar-refractivity contribution is -0.137. The SMILES string of the molecule is O=C1C(Cl)=C(c2ccc(F)cc2)C(=O)N1Cc1ccco1. The van der Waals surface area contributed by atoms with E-state index in [1.807, 2.05) is 0 Å². The first kappa shape index (κ1) is 13.6. The summed E-state index contributed by atoms with van der Waals surface area (Å²) in [5, 5.41) is -0.168. The van der Waals surface area contributed by atoms with Crippen LogP contribution in [-0.2, 0) is 16.1 Å². The Morgan fingerprint density at radius 3 is 2.43 bits per heavy atom. The Kier molecular flexibility index (Phi) is 3.35. The van der Waals surface area contributed by atoms with Gasteiger partial charge in [0.15, 0.2) is 0 Å². The molecular formula is C15H9ClFNO3. The normalized spacial score (nSPS) is 15.2. The van der Waals surface area contributed by atoms with Crippen LogP contribution in [0.5, 0.6) is 0 Å². The molecule has 2 amide bonds. The molecule has 0 unspecified atom stereocenters. The summed E-state index contributed by atoms with van der Waals surface area (Å²) >= 11 is 5.98. The highest BCUT2D eigenvalue weighted by molar-refractivity contribution is 6.55. The van der Waals surface area contributed by atoms with Crippen molar-refractivity contribution in [2.24, 2.45) is 0 Å². The van der Waals surface area contributed by atoms with E-state index in [0.29, 0.717) is 11.3 Å². The Bertz CT molecular complexity index is 735. The minimum atomic E-state index is -0.586. The molecule has 3 rings (SSSR count). The third-order valence-electron chi connectivity index (χ3n) is 3.14. The average molecular weight is 306 g/mol. The van der Waals surface area contributed by atoms with E-state index in [0.717, 1.165) is 4.90 Å². The molecule has 0 atom stereocenters. The van der Waals surface area contributed by atoms with Crippen LogP contribution in [0.15, 0.2) is 52.1 Å². The summed E-state index contributed by atoms with van der Waals surface area (Å²) in [6, 6.07) is 8.56. The fraction of sp³-hybridized carbons (Fsp3) is 0.0667. The maximum absolute atomic E-state index is 12.9. The Morgan fingerprint density at radius 2 is 1.81 bits per heavy atom. The Balaban J connectivity index is 1.93. The molecule has 106 valence electrons. The summed E-state index contributed by atoms with van der Waals surface area (Å²) in [4.78, 5) is 25.5. The van der Waals surface area contributed by atoms with Gasteiger partial charge in [-0.1, -0.05) is 23.7 Å². The Labute approximate surface area is 124 Å². The molecule has 1 aromatic heterocycles. The number of halogens is 2. The molecule has 6 heteroatoms. The zero-order valence-corrected chi connectivity index (χ0v) is 11.4. The quantitative estimate of drug-likeness (QED) is 0.819. The third-order valence-corrected chi connectivity index (χ3v) is 3.49. The first-order valence-corrected chi connectivity index (χ1v) is 6.50. The van der Waals surface area contributed by atoms with E-state index < -0.39 is 17.6 Å². The zero-order chi connectivity index (χ0) is 15.0. The van der Waals surface area contributed by atoms with Gasteiger partial charge in [-0.3, -0.25) is 14.5 Å². The fourth-order valence-electron chi connectivity index (χ4n) is 2.12. The van der Waals surface area contributed by atoms with Crippen molar-refractivity contribution in [3.8, 4) is 0 Å². The summed E-state index contributed by atoms with van der Waals surface area (Å²) in [7, 11) is 0. The summed E-state index contributed by atoms with van der Waals surface area (Å²) in [5.74, 6) is -1.06. The summed E-state index contributed by atoms with van der Waals surface area (Å²) in [6.45, 7) is 0.00554. The highest BCUT2D eigenvalue weighted by Crippen LogP contribution is 2.32. The van der Waals surface area contributed by atoms with E-state index in [2.05, 4.69) is 0 Å². The van der Waals surface area contributed by atoms with Crippen LogP contribution in [0, 0.1) is 5.82 Å². The Morgan fingerprint density at radius 1 is 1.10 bits per heavy atom. The van der Waals surface area contributed by atoms with Crippen LogP contribution in [0.2, 0.25) is 0 Å². The molecule has 0 saturated carbocycles. The summed E-state index contributed by atoms with van der Waals surface area (Å²) < 4.78 is 18.1. The van der Waals surface area contributed by atoms with Crippen LogP contribution < -0.4 is 0 Å². The number of hydrogen-bond acceptors (Lipinski definition) is 3. The lowest BCUT2D eigenvalue weighted by Gasteiger charge is -2.12. The van der Waals surface area contributed by atoms with E-state index >= 15 is 0 Å². The predicted molar refractivity (Wildman–Crippen MR) is 73.4 cm³/mol. The van der Waals surface area contributed by atoms with Gasteiger partial charge in [-0.15, -0.1) is 0 Å². The first-order chi connectivity index (χ1) is 10.1. The highest BCUT2D eigenvalue weighted by atomic mass is 35.5. The van der Waals surface area contributed by atoms with Crippen molar-refractivity contribution in [3.63, 3.8) is 0 Å². The minimum absolute atomic E-state index is 0.00554. The first-order valence-electron chi connectivity index (χ1n) is 6.12. The van der Waals surface area contributed by atoms with Gasteiger partial charge in [0.1, 0.15) is 16.6 Å². The number of hydrogen-bond donors (Lipinski definition) is 0. The molecule has 0 radical (unpaired) electrons. The number of furan rings is 1. The van der Waals surface area contributed by atoms with Crippen LogP contribution in [-0.4, -0.2) is 16.7 Å². The van der Waals surface area contributed by atoms with Gasteiger partial charge >= 0.3 is 0 Å². The van der Waals surface area contributed by atoms with Gasteiger partial charge in [0, 0.05) is 0 Å². The third kappa shape index (κ3) is 2.36. The smallest absolute Gasteiger partial charge is 0.273 e. The number of amides is 2. The molecule has 0 N–H and O–H groups in total. The van der Waals surface area contributed by atoms with Crippen molar-refractivity contribution < 1.29 is 18.4 Å². The fourth-order valence-corrected chi connectivity index (χ4v) is 2.41. The van der Waals surface area contributed by atoms with E-state index in [4.69, 9.17) is 16.0 Å². The molecule has 0 fully saturated rings. The van der Waals surface area contributed by atoms with Crippen LogP contribution in [0.1, 0.15) is 11.3 Å². The summed E-state index contributed by atoms with van der Waals surface area (Å²) in [5.41, 5.74) is 0.481. The number of benzene rings is 1. The van der Waals surface area contributed by atoms with Crippen molar-refractivity contribution in [2.45, 2.75) is 6.54 Å². The van der Waals surface area contributed by atoms with Gasteiger partial charge in [-0.25, -0.2) is 4.39 Å². The van der Waals surface area contributed by atoms with E-state index in [-0.39, 0.29) is 17.2 Å². The van der Waals surface area contributed by atoms with E-state index in [9.17, 15) is 14.0 Å². The standard InChI is InChI=1S/C15H9ClFNO3/c16-13-12(9-3-5-10(17)6-4-9)14(19)18(15(13)20)8-11-2-1-7-21-11/h1-7H,8H2. The van der Waals surface area contributed by atoms with Gasteiger partial charge in [0.25, 0.3) is 11.8 Å². The lowest BCUT2D eigenvalue weighted by atomic mass is 10.1. The van der Waals surface area contributed by atoms with Crippen molar-refractivity contribution in [2.75, 3.05) is 0 Å². The van der Waals surface area contributed by atoms with Crippen LogP contribution in [0.4, 0.5) is 4.39 Å². The van der Waals surface area contributed by atoms with Gasteiger partial charge in [0.05, 0.1) is 18.4 Å². The number of carbonyl (C=O) groups excluding carboxylic acids is 2. The second-order valence-corrected chi connectivity index (χ2v) is 4.85. The maximum Gasteiger partial charge on any atom is 0.273 e. The molecule has 21 heavy (non-hydrogen) atoms. The van der Waals surface area contributed by atoms with Gasteiger partial charge in [-0.2, -0.15) is 0 Å². The number of rotatable bonds is 3. The zero-order valence-electron chi connectivity index (χ0n) is 10.7. The average Bonchev–Trinajstić information content (AvgIpc) is 3.05. The molecule has 1 aromatic carbocycles. The largest absolute Gasteiger partial charge is 0.467 e. The van der Waals surface area contributed by atoms with Gasteiger partial charge in [0.2, 0.25) is 0 Å². The van der Waals surface area contributed by atoms with E-state index in [1.54, 1.807) is 12.1 Å². The molecule has 0 aliphatic carbocycles. The topological polar surface area (TPSA) is 50.5 Å². The van der Waals surface area contributed by atoms with Crippen molar-refractivity contribution in [1.29, 1.82) is 0 Å². The minimum Gasteiger partial charge on any atom is -0.467 e. The maximum atomic E-state index is 12.9.